The highest BCUT2D eigenvalue weighted by molar-refractivity contribution is 4.99. The molecule has 0 aromatic carbocycles. The fraction of sp³-hybridized carbons (Fsp3) is 0.905. The Morgan fingerprint density at radius 2 is 1.12 bits per heavy atom. The van der Waals surface area contributed by atoms with Crippen LogP contribution in [0.4, 0.5) is 0 Å². The van der Waals surface area contributed by atoms with Crippen LogP contribution in [0.3, 0.4) is 0 Å². The number of rotatable bonds is 3. The van der Waals surface area contributed by atoms with Crippen molar-refractivity contribution in [3.05, 3.63) is 11.8 Å². The molecule has 24 heavy (non-hydrogen) atoms. The molecule has 3 aliphatic carbocycles. The molecular weight excluding hydrogens is 296 g/mol. The zero-order valence-electron chi connectivity index (χ0n) is 15.4. The molecule has 1 aromatic rings. The molecule has 1 aromatic heterocycles. The van der Waals surface area contributed by atoms with Gasteiger partial charge in [-0.3, -0.25) is 0 Å². The Bertz CT molecular complexity index is 504. The fourth-order valence-corrected chi connectivity index (χ4v) is 5.52. The molecule has 3 aliphatic rings. The third kappa shape index (κ3) is 3.70. The molecule has 3 nitrogen and oxygen atoms in total. The quantitative estimate of drug-likeness (QED) is 0.660. The summed E-state index contributed by atoms with van der Waals surface area (Å²) in [5.74, 6) is 5.90. The van der Waals surface area contributed by atoms with Crippen LogP contribution in [0.2, 0.25) is 0 Å². The zero-order chi connectivity index (χ0) is 16.4. The van der Waals surface area contributed by atoms with Crippen LogP contribution in [0.25, 0.3) is 0 Å². The van der Waals surface area contributed by atoms with Gasteiger partial charge in [0.05, 0.1) is 0 Å². The second-order valence-corrected chi connectivity index (χ2v) is 8.95. The van der Waals surface area contributed by atoms with Gasteiger partial charge < -0.3 is 4.42 Å². The molecule has 0 bridgehead atoms. The van der Waals surface area contributed by atoms with Crippen molar-refractivity contribution in [2.75, 3.05) is 0 Å². The Morgan fingerprint density at radius 3 is 1.71 bits per heavy atom. The summed E-state index contributed by atoms with van der Waals surface area (Å²) >= 11 is 0. The normalized spacial score (nSPS) is 35.9. The highest BCUT2D eigenvalue weighted by Gasteiger charge is 2.32. The Kier molecular flexibility index (Phi) is 5.24. The van der Waals surface area contributed by atoms with E-state index < -0.39 is 0 Å². The lowest BCUT2D eigenvalue weighted by molar-refractivity contribution is 0.159. The largest absolute Gasteiger partial charge is 0.425 e. The average molecular weight is 331 g/mol. The molecule has 3 fully saturated rings. The molecule has 0 unspecified atom stereocenters. The Morgan fingerprint density at radius 1 is 0.625 bits per heavy atom. The van der Waals surface area contributed by atoms with Gasteiger partial charge in [0.25, 0.3) is 0 Å². The van der Waals surface area contributed by atoms with E-state index in [1.807, 2.05) is 0 Å². The summed E-state index contributed by atoms with van der Waals surface area (Å²) in [6.07, 6.45) is 17.7. The second kappa shape index (κ2) is 7.58. The van der Waals surface area contributed by atoms with Gasteiger partial charge in [0.2, 0.25) is 11.8 Å². The maximum absolute atomic E-state index is 6.14. The zero-order valence-corrected chi connectivity index (χ0v) is 15.4. The summed E-state index contributed by atoms with van der Waals surface area (Å²) in [6, 6.07) is 0. The lowest BCUT2D eigenvalue weighted by Gasteiger charge is -2.36. The smallest absolute Gasteiger partial charge is 0.219 e. The van der Waals surface area contributed by atoms with E-state index in [9.17, 15) is 0 Å². The lowest BCUT2D eigenvalue weighted by atomic mass is 9.69. The van der Waals surface area contributed by atoms with Gasteiger partial charge in [0.1, 0.15) is 0 Å². The molecule has 0 N–H and O–H groups in total. The van der Waals surface area contributed by atoms with E-state index in [2.05, 4.69) is 17.1 Å². The van der Waals surface area contributed by atoms with E-state index in [0.29, 0.717) is 11.8 Å². The number of nitrogens with zero attached hydrogens (tertiary/aromatic N) is 2. The van der Waals surface area contributed by atoms with Crippen molar-refractivity contribution in [3.63, 3.8) is 0 Å². The minimum Gasteiger partial charge on any atom is -0.425 e. The molecule has 0 spiro atoms. The van der Waals surface area contributed by atoms with Gasteiger partial charge in [-0.05, 0) is 69.1 Å². The first-order valence-electron chi connectivity index (χ1n) is 10.6. The number of aromatic nitrogens is 2. The minimum absolute atomic E-state index is 0.536. The van der Waals surface area contributed by atoms with Gasteiger partial charge >= 0.3 is 0 Å². The number of hydrogen-bond donors (Lipinski definition) is 0. The summed E-state index contributed by atoms with van der Waals surface area (Å²) in [7, 11) is 0. The standard InChI is InChI=1S/C21H34N2O/c1-15-7-9-16(10-8-15)17-11-13-19(14-12-17)21-23-22-20(24-21)18-5-3-2-4-6-18/h15-19H,2-14H2,1H3. The van der Waals surface area contributed by atoms with Crippen LogP contribution in [0, 0.1) is 17.8 Å². The minimum atomic E-state index is 0.536. The summed E-state index contributed by atoms with van der Waals surface area (Å²) in [4.78, 5) is 0. The van der Waals surface area contributed by atoms with E-state index in [4.69, 9.17) is 4.42 Å². The molecule has 3 heteroatoms. The fourth-order valence-electron chi connectivity index (χ4n) is 5.52. The first kappa shape index (κ1) is 16.6. The molecule has 4 rings (SSSR count). The number of hydrogen-bond acceptors (Lipinski definition) is 3. The van der Waals surface area contributed by atoms with Gasteiger partial charge in [0, 0.05) is 11.8 Å². The molecule has 134 valence electrons. The van der Waals surface area contributed by atoms with Gasteiger partial charge in [-0.15, -0.1) is 10.2 Å². The Hall–Kier alpha value is -0.860. The maximum atomic E-state index is 6.14. The van der Waals surface area contributed by atoms with Gasteiger partial charge in [0.15, 0.2) is 0 Å². The van der Waals surface area contributed by atoms with E-state index in [-0.39, 0.29) is 0 Å². The first-order valence-corrected chi connectivity index (χ1v) is 10.6. The molecular formula is C21H34N2O. The van der Waals surface area contributed by atoms with Gasteiger partial charge in [-0.1, -0.05) is 39.0 Å². The van der Waals surface area contributed by atoms with Crippen LogP contribution < -0.4 is 0 Å². The summed E-state index contributed by atoms with van der Waals surface area (Å²) in [5, 5.41) is 8.86. The van der Waals surface area contributed by atoms with E-state index in [1.165, 1.54) is 83.5 Å². The van der Waals surface area contributed by atoms with Crippen molar-refractivity contribution >= 4 is 0 Å². The second-order valence-electron chi connectivity index (χ2n) is 8.95. The predicted octanol–water partition coefficient (Wildman–Crippen LogP) is 6.22. The van der Waals surface area contributed by atoms with Crippen LogP contribution in [0.5, 0.6) is 0 Å². The summed E-state index contributed by atoms with van der Waals surface area (Å²) in [6.45, 7) is 2.42. The van der Waals surface area contributed by atoms with Crippen molar-refractivity contribution < 1.29 is 4.42 Å². The summed E-state index contributed by atoms with van der Waals surface area (Å²) in [5.41, 5.74) is 0. The van der Waals surface area contributed by atoms with Crippen LogP contribution in [0.15, 0.2) is 4.42 Å². The summed E-state index contributed by atoms with van der Waals surface area (Å²) < 4.78 is 6.14. The van der Waals surface area contributed by atoms with E-state index in [0.717, 1.165) is 29.5 Å². The highest BCUT2D eigenvalue weighted by atomic mass is 16.4. The molecule has 1 heterocycles. The van der Waals surface area contributed by atoms with Gasteiger partial charge in [-0.25, -0.2) is 0 Å². The molecule has 0 amide bonds. The van der Waals surface area contributed by atoms with Crippen molar-refractivity contribution in [1.82, 2.24) is 10.2 Å². The van der Waals surface area contributed by atoms with Crippen molar-refractivity contribution in [3.8, 4) is 0 Å². The van der Waals surface area contributed by atoms with Crippen LogP contribution in [-0.4, -0.2) is 10.2 Å². The Labute approximate surface area is 147 Å². The van der Waals surface area contributed by atoms with Crippen LogP contribution in [-0.2, 0) is 0 Å². The first-order chi connectivity index (χ1) is 11.8. The predicted molar refractivity (Wildman–Crippen MR) is 95.9 cm³/mol. The average Bonchev–Trinajstić information content (AvgIpc) is 3.13. The van der Waals surface area contributed by atoms with E-state index in [1.54, 1.807) is 0 Å². The van der Waals surface area contributed by atoms with Crippen molar-refractivity contribution in [2.24, 2.45) is 17.8 Å². The molecule has 0 saturated heterocycles. The Balaban J connectivity index is 1.30. The van der Waals surface area contributed by atoms with Crippen molar-refractivity contribution in [2.45, 2.75) is 102 Å². The van der Waals surface area contributed by atoms with Gasteiger partial charge in [-0.2, -0.15) is 0 Å². The lowest BCUT2D eigenvalue weighted by Crippen LogP contribution is -2.24. The van der Waals surface area contributed by atoms with Crippen molar-refractivity contribution in [1.29, 1.82) is 0 Å². The topological polar surface area (TPSA) is 38.9 Å². The molecule has 0 aliphatic heterocycles. The van der Waals surface area contributed by atoms with Crippen LogP contribution in [0.1, 0.15) is 114 Å². The van der Waals surface area contributed by atoms with Crippen LogP contribution >= 0.6 is 0 Å². The highest BCUT2D eigenvalue weighted by Crippen LogP contribution is 2.44. The maximum Gasteiger partial charge on any atom is 0.219 e. The van der Waals surface area contributed by atoms with E-state index >= 15 is 0 Å². The molecule has 3 saturated carbocycles. The third-order valence-corrected chi connectivity index (χ3v) is 7.26. The SMILES string of the molecule is CC1CCC(C2CCC(c3nnc(C4CCCCC4)o3)CC2)CC1. The monoisotopic (exact) mass is 330 g/mol. The molecule has 0 atom stereocenters. The third-order valence-electron chi connectivity index (χ3n) is 7.26. The molecule has 0 radical (unpaired) electrons.